The van der Waals surface area contributed by atoms with E-state index < -0.39 is 5.97 Å². The normalized spacial score (nSPS) is 10.6. The van der Waals surface area contributed by atoms with Crippen LogP contribution in [0.15, 0.2) is 24.4 Å². The number of Topliss-reactive ketones (excluding diaryl/α,β-unsaturated/α-hetero) is 1. The molecule has 0 atom stereocenters. The van der Waals surface area contributed by atoms with Crippen LogP contribution in [0.25, 0.3) is 10.9 Å². The largest absolute Gasteiger partial charge is 0.481 e. The summed E-state index contributed by atoms with van der Waals surface area (Å²) < 4.78 is 0. The van der Waals surface area contributed by atoms with Gasteiger partial charge in [0.15, 0.2) is 5.78 Å². The molecule has 2 N–H and O–H groups in total. The molecule has 0 radical (unpaired) electrons. The van der Waals surface area contributed by atoms with Crippen LogP contribution < -0.4 is 0 Å². The molecule has 1 heterocycles. The number of rotatable bonds is 3. The van der Waals surface area contributed by atoms with E-state index in [1.54, 1.807) is 24.4 Å². The van der Waals surface area contributed by atoms with Gasteiger partial charge in [-0.2, -0.15) is 0 Å². The smallest absolute Gasteiger partial charge is 0.307 e. The van der Waals surface area contributed by atoms with Crippen molar-refractivity contribution < 1.29 is 14.7 Å². The van der Waals surface area contributed by atoms with Crippen LogP contribution in [0.3, 0.4) is 0 Å². The van der Waals surface area contributed by atoms with Crippen LogP contribution in [0.1, 0.15) is 22.8 Å². The highest BCUT2D eigenvalue weighted by Gasteiger charge is 2.08. The lowest BCUT2D eigenvalue weighted by molar-refractivity contribution is -0.136. The van der Waals surface area contributed by atoms with E-state index in [1.807, 2.05) is 0 Å². The molecule has 0 saturated heterocycles. The van der Waals surface area contributed by atoms with Gasteiger partial charge in [-0.25, -0.2) is 0 Å². The standard InChI is InChI=1S/C12H11NO3/c1-7(14)10-6-13-11-4-8(5-12(15)16)2-3-9(10)11/h2-4,6,13H,5H2,1H3,(H,15,16). The van der Waals surface area contributed by atoms with Gasteiger partial charge in [-0.05, 0) is 18.6 Å². The monoisotopic (exact) mass is 217 g/mol. The minimum absolute atomic E-state index is 0.00256. The fourth-order valence-corrected chi connectivity index (χ4v) is 1.75. The number of nitrogens with one attached hydrogen (secondary N) is 1. The van der Waals surface area contributed by atoms with Gasteiger partial charge in [-0.15, -0.1) is 0 Å². The van der Waals surface area contributed by atoms with Crippen molar-refractivity contribution >= 4 is 22.7 Å². The molecule has 0 bridgehead atoms. The Hall–Kier alpha value is -2.10. The molecule has 0 unspecified atom stereocenters. The molecular weight excluding hydrogens is 206 g/mol. The Kier molecular flexibility index (Phi) is 2.48. The van der Waals surface area contributed by atoms with Crippen LogP contribution in [-0.4, -0.2) is 21.8 Å². The minimum atomic E-state index is -0.863. The third kappa shape index (κ3) is 1.82. The summed E-state index contributed by atoms with van der Waals surface area (Å²) >= 11 is 0. The molecule has 2 rings (SSSR count). The van der Waals surface area contributed by atoms with E-state index in [2.05, 4.69) is 4.98 Å². The van der Waals surface area contributed by atoms with Gasteiger partial charge in [0.25, 0.3) is 0 Å². The number of aromatic nitrogens is 1. The molecule has 4 nitrogen and oxygen atoms in total. The molecule has 0 aliphatic heterocycles. The highest BCUT2D eigenvalue weighted by Crippen LogP contribution is 2.20. The van der Waals surface area contributed by atoms with Crippen molar-refractivity contribution in [1.82, 2.24) is 4.98 Å². The van der Waals surface area contributed by atoms with Crippen molar-refractivity contribution in [3.05, 3.63) is 35.5 Å². The van der Waals surface area contributed by atoms with Gasteiger partial charge in [0, 0.05) is 22.7 Å². The zero-order valence-electron chi connectivity index (χ0n) is 8.78. The van der Waals surface area contributed by atoms with E-state index in [4.69, 9.17) is 5.11 Å². The SMILES string of the molecule is CC(=O)c1c[nH]c2cc(CC(=O)O)ccc12. The third-order valence-corrected chi connectivity index (χ3v) is 2.48. The van der Waals surface area contributed by atoms with Crippen molar-refractivity contribution in [2.45, 2.75) is 13.3 Å². The molecule has 4 heteroatoms. The third-order valence-electron chi connectivity index (χ3n) is 2.48. The Morgan fingerprint density at radius 3 is 2.75 bits per heavy atom. The number of benzene rings is 1. The Labute approximate surface area is 91.9 Å². The second-order valence-corrected chi connectivity index (χ2v) is 3.71. The lowest BCUT2D eigenvalue weighted by atomic mass is 10.1. The van der Waals surface area contributed by atoms with Crippen molar-refractivity contribution in [3.63, 3.8) is 0 Å². The number of carboxylic acid groups (broad SMARTS) is 1. The van der Waals surface area contributed by atoms with Crippen molar-refractivity contribution in [1.29, 1.82) is 0 Å². The zero-order valence-corrected chi connectivity index (χ0v) is 8.78. The summed E-state index contributed by atoms with van der Waals surface area (Å²) in [7, 11) is 0. The molecule has 0 fully saturated rings. The molecule has 16 heavy (non-hydrogen) atoms. The number of hydrogen-bond acceptors (Lipinski definition) is 2. The molecule has 2 aromatic rings. The predicted molar refractivity (Wildman–Crippen MR) is 59.6 cm³/mol. The summed E-state index contributed by atoms with van der Waals surface area (Å²) in [5, 5.41) is 9.50. The first kappa shape index (κ1) is 10.4. The second kappa shape index (κ2) is 3.81. The van der Waals surface area contributed by atoms with Gasteiger partial charge in [0.1, 0.15) is 0 Å². The van der Waals surface area contributed by atoms with Crippen molar-refractivity contribution in [2.75, 3.05) is 0 Å². The van der Waals surface area contributed by atoms with Gasteiger partial charge < -0.3 is 10.1 Å². The van der Waals surface area contributed by atoms with Crippen molar-refractivity contribution in [2.24, 2.45) is 0 Å². The molecule has 0 amide bonds. The first-order valence-electron chi connectivity index (χ1n) is 4.90. The number of carbonyl (C=O) groups is 2. The molecule has 0 aliphatic rings. The number of carbonyl (C=O) groups excluding carboxylic acids is 1. The lowest BCUT2D eigenvalue weighted by Gasteiger charge is -1.98. The molecule has 1 aromatic heterocycles. The van der Waals surface area contributed by atoms with Crippen LogP contribution in [0.5, 0.6) is 0 Å². The maximum absolute atomic E-state index is 11.3. The molecule has 82 valence electrons. The molecule has 1 aromatic carbocycles. The van der Waals surface area contributed by atoms with Crippen LogP contribution in [-0.2, 0) is 11.2 Å². The first-order chi connectivity index (χ1) is 7.58. The zero-order chi connectivity index (χ0) is 11.7. The van der Waals surface area contributed by atoms with Gasteiger partial charge in [0.2, 0.25) is 0 Å². The van der Waals surface area contributed by atoms with Gasteiger partial charge in [0.05, 0.1) is 6.42 Å². The summed E-state index contributed by atoms with van der Waals surface area (Å²) in [4.78, 5) is 24.8. The number of aliphatic carboxylic acids is 1. The van der Waals surface area contributed by atoms with Gasteiger partial charge in [-0.3, -0.25) is 9.59 Å². The van der Waals surface area contributed by atoms with Gasteiger partial charge >= 0.3 is 5.97 Å². The summed E-state index contributed by atoms with van der Waals surface area (Å²) in [6, 6.07) is 5.27. The van der Waals surface area contributed by atoms with Crippen LogP contribution in [0.4, 0.5) is 0 Å². The minimum Gasteiger partial charge on any atom is -0.481 e. The molecule has 0 spiro atoms. The Morgan fingerprint density at radius 1 is 1.38 bits per heavy atom. The second-order valence-electron chi connectivity index (χ2n) is 3.71. The van der Waals surface area contributed by atoms with Gasteiger partial charge in [-0.1, -0.05) is 12.1 Å². The van der Waals surface area contributed by atoms with E-state index in [0.29, 0.717) is 5.56 Å². The van der Waals surface area contributed by atoms with E-state index in [9.17, 15) is 9.59 Å². The van der Waals surface area contributed by atoms with Crippen molar-refractivity contribution in [3.8, 4) is 0 Å². The average molecular weight is 217 g/mol. The average Bonchev–Trinajstić information content (AvgIpc) is 2.59. The summed E-state index contributed by atoms with van der Waals surface area (Å²) in [6.07, 6.45) is 1.64. The molecule has 0 saturated carbocycles. The molecular formula is C12H11NO3. The highest BCUT2D eigenvalue weighted by molar-refractivity contribution is 6.06. The Morgan fingerprint density at radius 2 is 2.12 bits per heavy atom. The number of hydrogen-bond donors (Lipinski definition) is 2. The van der Waals surface area contributed by atoms with E-state index >= 15 is 0 Å². The number of fused-ring (bicyclic) bond motifs is 1. The quantitative estimate of drug-likeness (QED) is 0.772. The van der Waals surface area contributed by atoms with Crippen LogP contribution >= 0.6 is 0 Å². The number of ketones is 1. The van der Waals surface area contributed by atoms with Crippen LogP contribution in [0.2, 0.25) is 0 Å². The summed E-state index contributed by atoms with van der Waals surface area (Å²) in [5.41, 5.74) is 2.15. The summed E-state index contributed by atoms with van der Waals surface area (Å²) in [5.74, 6) is -0.866. The topological polar surface area (TPSA) is 70.2 Å². The summed E-state index contributed by atoms with van der Waals surface area (Å²) in [6.45, 7) is 1.51. The number of aromatic amines is 1. The maximum Gasteiger partial charge on any atom is 0.307 e. The Balaban J connectivity index is 2.49. The molecule has 0 aliphatic carbocycles. The van der Waals surface area contributed by atoms with E-state index in [0.717, 1.165) is 16.5 Å². The van der Waals surface area contributed by atoms with Crippen LogP contribution in [0, 0.1) is 0 Å². The Bertz CT molecular complexity index is 569. The maximum atomic E-state index is 11.3. The number of carboxylic acids is 1. The highest BCUT2D eigenvalue weighted by atomic mass is 16.4. The lowest BCUT2D eigenvalue weighted by Crippen LogP contribution is -1.99. The van der Waals surface area contributed by atoms with E-state index in [-0.39, 0.29) is 12.2 Å². The predicted octanol–water partition coefficient (Wildman–Crippen LogP) is 2.00. The first-order valence-corrected chi connectivity index (χ1v) is 4.90. The fraction of sp³-hybridized carbons (Fsp3) is 0.167. The number of H-pyrrole nitrogens is 1. The fourth-order valence-electron chi connectivity index (χ4n) is 1.75. The van der Waals surface area contributed by atoms with E-state index in [1.165, 1.54) is 6.92 Å².